The zero-order valence-electron chi connectivity index (χ0n) is 7.74. The lowest BCUT2D eigenvalue weighted by Crippen LogP contribution is -2.15. The number of fused-ring (bicyclic) bond motifs is 2. The van der Waals surface area contributed by atoms with Crippen LogP contribution in [0.15, 0.2) is 47.6 Å². The van der Waals surface area contributed by atoms with Gasteiger partial charge in [-0.25, -0.2) is 0 Å². The Labute approximate surface area is 79.3 Å². The van der Waals surface area contributed by atoms with E-state index in [0.29, 0.717) is 0 Å². The Kier molecular flexibility index (Phi) is 1.55. The molecule has 0 radical (unpaired) electrons. The van der Waals surface area contributed by atoms with Crippen LogP contribution in [0.4, 0.5) is 0 Å². The van der Waals surface area contributed by atoms with Gasteiger partial charge in [-0.2, -0.15) is 0 Å². The molecule has 2 atom stereocenters. The molecule has 0 saturated heterocycles. The molecule has 0 saturated carbocycles. The zero-order valence-corrected chi connectivity index (χ0v) is 7.74. The van der Waals surface area contributed by atoms with Gasteiger partial charge in [0, 0.05) is 5.92 Å². The van der Waals surface area contributed by atoms with Crippen LogP contribution >= 0.6 is 0 Å². The standard InChI is InChI=1S/C13H14/c1-2-5-11-9-13-7-3-6-12(13)8-10(11)4-1/h1,3-4,6-7,9-10,12H,2,5,8H2. The molecule has 3 rings (SSSR count). The molecular weight excluding hydrogens is 156 g/mol. The second-order valence-electron chi connectivity index (χ2n) is 4.19. The maximum atomic E-state index is 2.43. The molecule has 13 heavy (non-hydrogen) atoms. The Morgan fingerprint density at radius 3 is 3.15 bits per heavy atom. The van der Waals surface area contributed by atoms with Crippen molar-refractivity contribution in [1.29, 1.82) is 0 Å². The maximum absolute atomic E-state index is 2.43. The average Bonchev–Trinajstić information content (AvgIpc) is 2.61. The van der Waals surface area contributed by atoms with Gasteiger partial charge in [-0.3, -0.25) is 0 Å². The molecule has 0 fully saturated rings. The molecule has 0 aromatic carbocycles. The highest BCUT2D eigenvalue weighted by molar-refractivity contribution is 5.42. The third kappa shape index (κ3) is 1.13. The van der Waals surface area contributed by atoms with Crippen LogP contribution in [0.2, 0.25) is 0 Å². The third-order valence-electron chi connectivity index (χ3n) is 3.36. The first-order chi connectivity index (χ1) is 6.43. The summed E-state index contributed by atoms with van der Waals surface area (Å²) in [5, 5.41) is 0. The smallest absolute Gasteiger partial charge is 0.00297 e. The monoisotopic (exact) mass is 170 g/mol. The molecule has 3 aliphatic rings. The second-order valence-corrected chi connectivity index (χ2v) is 4.19. The van der Waals surface area contributed by atoms with Crippen molar-refractivity contribution in [3.63, 3.8) is 0 Å². The molecule has 0 heterocycles. The van der Waals surface area contributed by atoms with Crippen molar-refractivity contribution in [3.05, 3.63) is 47.6 Å². The number of hydrogen-bond donors (Lipinski definition) is 0. The fourth-order valence-corrected chi connectivity index (χ4v) is 2.62. The van der Waals surface area contributed by atoms with Crippen molar-refractivity contribution < 1.29 is 0 Å². The van der Waals surface area contributed by atoms with Gasteiger partial charge in [0.2, 0.25) is 0 Å². The first kappa shape index (κ1) is 7.37. The fraction of sp³-hybridized carbons (Fsp3) is 0.385. The lowest BCUT2D eigenvalue weighted by Gasteiger charge is -2.29. The molecule has 0 N–H and O–H groups in total. The summed E-state index contributed by atoms with van der Waals surface area (Å²) in [6, 6.07) is 0. The molecule has 0 heteroatoms. The van der Waals surface area contributed by atoms with Crippen LogP contribution < -0.4 is 0 Å². The fourth-order valence-electron chi connectivity index (χ4n) is 2.62. The normalized spacial score (nSPS) is 35.1. The van der Waals surface area contributed by atoms with E-state index in [1.807, 2.05) is 0 Å². The number of hydrogen-bond acceptors (Lipinski definition) is 0. The van der Waals surface area contributed by atoms with Crippen molar-refractivity contribution in [3.8, 4) is 0 Å². The highest BCUT2D eigenvalue weighted by Gasteiger charge is 2.26. The lowest BCUT2D eigenvalue weighted by atomic mass is 9.76. The first-order valence-electron chi connectivity index (χ1n) is 5.19. The molecule has 0 aromatic heterocycles. The van der Waals surface area contributed by atoms with Gasteiger partial charge in [0.15, 0.2) is 0 Å². The summed E-state index contributed by atoms with van der Waals surface area (Å²) in [6.07, 6.45) is 17.8. The minimum Gasteiger partial charge on any atom is -0.0876 e. The Balaban J connectivity index is 1.99. The van der Waals surface area contributed by atoms with Gasteiger partial charge in [-0.05, 0) is 30.8 Å². The van der Waals surface area contributed by atoms with Crippen LogP contribution in [-0.2, 0) is 0 Å². The SMILES string of the molecule is C1=CC2CC3C=CCCC3=CC2=C1. The van der Waals surface area contributed by atoms with Crippen LogP contribution in [0.25, 0.3) is 0 Å². The summed E-state index contributed by atoms with van der Waals surface area (Å²) in [4.78, 5) is 0. The zero-order chi connectivity index (χ0) is 8.67. The van der Waals surface area contributed by atoms with E-state index in [1.165, 1.54) is 19.3 Å². The summed E-state index contributed by atoms with van der Waals surface area (Å²) in [7, 11) is 0. The van der Waals surface area contributed by atoms with E-state index in [2.05, 4.69) is 36.5 Å². The summed E-state index contributed by atoms with van der Waals surface area (Å²) in [6.45, 7) is 0. The van der Waals surface area contributed by atoms with Gasteiger partial charge in [0.25, 0.3) is 0 Å². The molecule has 2 unspecified atom stereocenters. The van der Waals surface area contributed by atoms with Crippen LogP contribution in [0.5, 0.6) is 0 Å². The van der Waals surface area contributed by atoms with Crippen LogP contribution in [0.3, 0.4) is 0 Å². The Hall–Kier alpha value is -1.04. The van der Waals surface area contributed by atoms with Crippen LogP contribution in [0, 0.1) is 11.8 Å². The second kappa shape index (κ2) is 2.73. The van der Waals surface area contributed by atoms with Crippen molar-refractivity contribution in [2.75, 3.05) is 0 Å². The summed E-state index contributed by atoms with van der Waals surface area (Å²) >= 11 is 0. The molecule has 0 amide bonds. The highest BCUT2D eigenvalue weighted by Crippen LogP contribution is 2.40. The van der Waals surface area contributed by atoms with E-state index in [9.17, 15) is 0 Å². The van der Waals surface area contributed by atoms with Crippen molar-refractivity contribution >= 4 is 0 Å². The predicted octanol–water partition coefficient (Wildman–Crippen LogP) is 3.40. The van der Waals surface area contributed by atoms with E-state index in [1.54, 1.807) is 11.1 Å². The highest BCUT2D eigenvalue weighted by atomic mass is 14.3. The van der Waals surface area contributed by atoms with Gasteiger partial charge in [-0.1, -0.05) is 42.0 Å². The summed E-state index contributed by atoms with van der Waals surface area (Å²) in [5.74, 6) is 1.47. The Bertz CT molecular complexity index is 339. The van der Waals surface area contributed by atoms with Crippen LogP contribution in [0.1, 0.15) is 19.3 Å². The predicted molar refractivity (Wildman–Crippen MR) is 55.3 cm³/mol. The minimum atomic E-state index is 0.719. The quantitative estimate of drug-likeness (QED) is 0.489. The van der Waals surface area contributed by atoms with Gasteiger partial charge >= 0.3 is 0 Å². The van der Waals surface area contributed by atoms with Crippen molar-refractivity contribution in [2.45, 2.75) is 19.3 Å². The molecule has 3 aliphatic carbocycles. The Morgan fingerprint density at radius 1 is 1.15 bits per heavy atom. The lowest BCUT2D eigenvalue weighted by molar-refractivity contribution is 0.540. The molecule has 0 aromatic rings. The Morgan fingerprint density at radius 2 is 2.15 bits per heavy atom. The van der Waals surface area contributed by atoms with E-state index in [0.717, 1.165) is 11.8 Å². The van der Waals surface area contributed by atoms with Crippen LogP contribution in [-0.4, -0.2) is 0 Å². The largest absolute Gasteiger partial charge is 0.0876 e. The van der Waals surface area contributed by atoms with E-state index in [-0.39, 0.29) is 0 Å². The van der Waals surface area contributed by atoms with Gasteiger partial charge in [-0.15, -0.1) is 0 Å². The number of rotatable bonds is 0. The third-order valence-corrected chi connectivity index (χ3v) is 3.36. The van der Waals surface area contributed by atoms with Crippen molar-refractivity contribution in [1.82, 2.24) is 0 Å². The molecule has 66 valence electrons. The first-order valence-corrected chi connectivity index (χ1v) is 5.19. The van der Waals surface area contributed by atoms with Gasteiger partial charge < -0.3 is 0 Å². The van der Waals surface area contributed by atoms with E-state index >= 15 is 0 Å². The number of allylic oxidation sites excluding steroid dienone is 8. The topological polar surface area (TPSA) is 0 Å². The molecule has 0 bridgehead atoms. The average molecular weight is 170 g/mol. The van der Waals surface area contributed by atoms with E-state index < -0.39 is 0 Å². The molecule has 0 spiro atoms. The van der Waals surface area contributed by atoms with Gasteiger partial charge in [0.1, 0.15) is 0 Å². The summed E-state index contributed by atoms with van der Waals surface area (Å²) < 4.78 is 0. The molecule has 0 nitrogen and oxygen atoms in total. The minimum absolute atomic E-state index is 0.719. The summed E-state index contributed by atoms with van der Waals surface area (Å²) in [5.41, 5.74) is 3.20. The van der Waals surface area contributed by atoms with E-state index in [4.69, 9.17) is 0 Å². The molecule has 0 aliphatic heterocycles. The van der Waals surface area contributed by atoms with Crippen molar-refractivity contribution in [2.24, 2.45) is 11.8 Å². The van der Waals surface area contributed by atoms with Gasteiger partial charge in [0.05, 0.1) is 0 Å². The molecular formula is C13H14. The maximum Gasteiger partial charge on any atom is 0.00297 e.